The fourth-order valence-corrected chi connectivity index (χ4v) is 2.82. The highest BCUT2D eigenvalue weighted by atomic mass is 16.2. The number of rotatable bonds is 7. The second-order valence-electron chi connectivity index (χ2n) is 7.70. The van der Waals surface area contributed by atoms with Crippen molar-refractivity contribution in [3.05, 3.63) is 40.3 Å². The summed E-state index contributed by atoms with van der Waals surface area (Å²) in [6, 6.07) is 7.21. The molecule has 0 spiro atoms. The molecule has 142 valence electrons. The van der Waals surface area contributed by atoms with Gasteiger partial charge in [0.1, 0.15) is 0 Å². The number of nitrogens with two attached hydrogens (primary N) is 1. The zero-order valence-corrected chi connectivity index (χ0v) is 16.4. The molecule has 0 aliphatic carbocycles. The van der Waals surface area contributed by atoms with Crippen molar-refractivity contribution in [2.24, 2.45) is 17.6 Å². The first-order valence-corrected chi connectivity index (χ1v) is 9.23. The Morgan fingerprint density at radius 2 is 1.81 bits per heavy atom. The van der Waals surface area contributed by atoms with Crippen LogP contribution in [0, 0.1) is 11.8 Å². The van der Waals surface area contributed by atoms with Crippen LogP contribution in [0.15, 0.2) is 29.1 Å². The third-order valence-electron chi connectivity index (χ3n) is 4.61. The number of amides is 1. The van der Waals surface area contributed by atoms with Gasteiger partial charge in [-0.25, -0.2) is 4.68 Å². The number of benzene rings is 1. The minimum absolute atomic E-state index is 0.0462. The molecule has 0 saturated carbocycles. The Morgan fingerprint density at radius 1 is 1.19 bits per heavy atom. The second kappa shape index (κ2) is 8.45. The van der Waals surface area contributed by atoms with Crippen LogP contribution < -0.4 is 11.3 Å². The molecule has 6 heteroatoms. The van der Waals surface area contributed by atoms with Crippen LogP contribution in [0.25, 0.3) is 10.8 Å². The van der Waals surface area contributed by atoms with Crippen molar-refractivity contribution in [1.29, 1.82) is 0 Å². The van der Waals surface area contributed by atoms with Gasteiger partial charge < -0.3 is 10.6 Å². The zero-order chi connectivity index (χ0) is 19.4. The number of fused-ring (bicyclic) bond motifs is 1. The van der Waals surface area contributed by atoms with Gasteiger partial charge >= 0.3 is 0 Å². The van der Waals surface area contributed by atoms with Crippen LogP contribution in [-0.4, -0.2) is 40.2 Å². The van der Waals surface area contributed by atoms with Crippen LogP contribution in [0.5, 0.6) is 0 Å². The molecule has 2 N–H and O–H groups in total. The van der Waals surface area contributed by atoms with Gasteiger partial charge in [-0.15, -0.1) is 0 Å². The number of hydrogen-bond donors (Lipinski definition) is 1. The quantitative estimate of drug-likeness (QED) is 0.824. The summed E-state index contributed by atoms with van der Waals surface area (Å²) in [5.41, 5.74) is 6.26. The van der Waals surface area contributed by atoms with Crippen LogP contribution >= 0.6 is 0 Å². The Hall–Kier alpha value is -2.21. The molecule has 1 unspecified atom stereocenters. The Morgan fingerprint density at radius 3 is 2.38 bits per heavy atom. The van der Waals surface area contributed by atoms with Gasteiger partial charge in [-0.05, 0) is 24.3 Å². The van der Waals surface area contributed by atoms with Gasteiger partial charge in [0.15, 0.2) is 5.69 Å². The molecule has 6 nitrogen and oxygen atoms in total. The minimum atomic E-state index is -0.185. The summed E-state index contributed by atoms with van der Waals surface area (Å²) in [5.74, 6) is 0.436. The predicted octanol–water partition coefficient (Wildman–Crippen LogP) is 2.50. The lowest BCUT2D eigenvalue weighted by molar-refractivity contribution is 0.0782. The Bertz CT molecular complexity index is 826. The summed E-state index contributed by atoms with van der Waals surface area (Å²) in [7, 11) is 1.75. The molecule has 0 saturated heterocycles. The van der Waals surface area contributed by atoms with Crippen LogP contribution in [0.2, 0.25) is 0 Å². The topological polar surface area (TPSA) is 81.2 Å². The van der Waals surface area contributed by atoms with Gasteiger partial charge in [-0.2, -0.15) is 5.10 Å². The molecule has 1 atom stereocenters. The van der Waals surface area contributed by atoms with Crippen LogP contribution in [-0.2, 0) is 6.54 Å². The van der Waals surface area contributed by atoms with Crippen molar-refractivity contribution >= 4 is 16.7 Å². The molecule has 0 aliphatic heterocycles. The highest BCUT2D eigenvalue weighted by Crippen LogP contribution is 2.16. The molecule has 0 fully saturated rings. The largest absolute Gasteiger partial charge is 0.340 e. The maximum atomic E-state index is 13.0. The molecule has 2 aromatic rings. The fourth-order valence-electron chi connectivity index (χ4n) is 2.82. The average Bonchev–Trinajstić information content (AvgIpc) is 2.60. The first kappa shape index (κ1) is 20.1. The first-order valence-electron chi connectivity index (χ1n) is 9.23. The summed E-state index contributed by atoms with van der Waals surface area (Å²) in [5, 5.41) is 5.53. The Balaban J connectivity index is 2.39. The predicted molar refractivity (Wildman–Crippen MR) is 105 cm³/mol. The van der Waals surface area contributed by atoms with E-state index in [4.69, 9.17) is 5.73 Å². The van der Waals surface area contributed by atoms with E-state index in [9.17, 15) is 9.59 Å². The van der Waals surface area contributed by atoms with Gasteiger partial charge in [-0.3, -0.25) is 9.59 Å². The van der Waals surface area contributed by atoms with Crippen molar-refractivity contribution in [1.82, 2.24) is 14.7 Å². The van der Waals surface area contributed by atoms with E-state index in [1.165, 1.54) is 4.68 Å². The number of hydrogen-bond acceptors (Lipinski definition) is 4. The number of aromatic nitrogens is 2. The molecule has 0 aliphatic rings. The number of carbonyl (C=O) groups excluding carboxylic acids is 1. The SMILES string of the molecule is CC(C)Cn1nc(C(=O)N(C)CCC(N)C(C)C)c2ccccc2c1=O. The molecule has 2 rings (SSSR count). The molecule has 0 bridgehead atoms. The van der Waals surface area contributed by atoms with E-state index in [0.29, 0.717) is 35.5 Å². The lowest BCUT2D eigenvalue weighted by atomic mass is 10.0. The third-order valence-corrected chi connectivity index (χ3v) is 4.61. The summed E-state index contributed by atoms with van der Waals surface area (Å²) >= 11 is 0. The molecule has 1 amide bonds. The smallest absolute Gasteiger partial charge is 0.274 e. The summed E-state index contributed by atoms with van der Waals surface area (Å²) < 4.78 is 1.41. The van der Waals surface area contributed by atoms with E-state index in [0.717, 1.165) is 6.42 Å². The van der Waals surface area contributed by atoms with Gasteiger partial charge in [0.25, 0.3) is 11.5 Å². The van der Waals surface area contributed by atoms with E-state index in [2.05, 4.69) is 18.9 Å². The van der Waals surface area contributed by atoms with E-state index in [1.807, 2.05) is 26.0 Å². The van der Waals surface area contributed by atoms with Crippen molar-refractivity contribution in [3.8, 4) is 0 Å². The second-order valence-corrected chi connectivity index (χ2v) is 7.70. The number of carbonyl (C=O) groups is 1. The van der Waals surface area contributed by atoms with Gasteiger partial charge in [-0.1, -0.05) is 45.9 Å². The molecule has 1 aromatic carbocycles. The average molecular weight is 358 g/mol. The molecule has 1 heterocycles. The van der Waals surface area contributed by atoms with Gasteiger partial charge in [0.2, 0.25) is 0 Å². The zero-order valence-electron chi connectivity index (χ0n) is 16.4. The fraction of sp³-hybridized carbons (Fsp3) is 0.550. The van der Waals surface area contributed by atoms with Crippen LogP contribution in [0.1, 0.15) is 44.6 Å². The molecule has 26 heavy (non-hydrogen) atoms. The summed E-state index contributed by atoms with van der Waals surface area (Å²) in [4.78, 5) is 27.3. The Labute approximate surface area is 155 Å². The van der Waals surface area contributed by atoms with Crippen molar-refractivity contribution in [3.63, 3.8) is 0 Å². The molecular formula is C20H30N4O2. The van der Waals surface area contributed by atoms with Crippen molar-refractivity contribution in [2.75, 3.05) is 13.6 Å². The maximum absolute atomic E-state index is 13.0. The lowest BCUT2D eigenvalue weighted by Crippen LogP contribution is -2.36. The van der Waals surface area contributed by atoms with Gasteiger partial charge in [0.05, 0.1) is 5.39 Å². The molecule has 1 aromatic heterocycles. The molecular weight excluding hydrogens is 328 g/mol. The first-order chi connectivity index (χ1) is 12.2. The standard InChI is InChI=1S/C20H30N4O2/c1-13(2)12-24-19(25)16-9-7-6-8-15(16)18(22-24)20(26)23(5)11-10-17(21)14(3)4/h6-9,13-14,17H,10-12,21H2,1-5H3. The minimum Gasteiger partial charge on any atom is -0.340 e. The maximum Gasteiger partial charge on any atom is 0.274 e. The van der Waals surface area contributed by atoms with E-state index < -0.39 is 0 Å². The van der Waals surface area contributed by atoms with E-state index in [-0.39, 0.29) is 23.4 Å². The Kier molecular flexibility index (Phi) is 6.53. The van der Waals surface area contributed by atoms with Gasteiger partial charge in [0, 0.05) is 31.6 Å². The van der Waals surface area contributed by atoms with Crippen molar-refractivity contribution in [2.45, 2.75) is 46.7 Å². The van der Waals surface area contributed by atoms with E-state index in [1.54, 1.807) is 24.1 Å². The van der Waals surface area contributed by atoms with Crippen molar-refractivity contribution < 1.29 is 4.79 Å². The number of nitrogens with zero attached hydrogens (tertiary/aromatic N) is 3. The lowest BCUT2D eigenvalue weighted by Gasteiger charge is -2.22. The van der Waals surface area contributed by atoms with Crippen LogP contribution in [0.3, 0.4) is 0 Å². The molecule has 0 radical (unpaired) electrons. The summed E-state index contributed by atoms with van der Waals surface area (Å²) in [6.45, 7) is 9.21. The highest BCUT2D eigenvalue weighted by molar-refractivity contribution is 6.04. The summed E-state index contributed by atoms with van der Waals surface area (Å²) in [6.07, 6.45) is 0.726. The van der Waals surface area contributed by atoms with Crippen LogP contribution in [0.4, 0.5) is 0 Å². The third kappa shape index (κ3) is 4.49. The normalized spacial score (nSPS) is 12.8. The highest BCUT2D eigenvalue weighted by Gasteiger charge is 2.21. The monoisotopic (exact) mass is 358 g/mol. The van der Waals surface area contributed by atoms with E-state index >= 15 is 0 Å².